The second-order valence-electron chi connectivity index (χ2n) is 5.11. The number of carbonyl (C=O) groups excluding carboxylic acids is 2. The number of hydrogen-bond acceptors (Lipinski definition) is 4. The molecule has 2 aromatic rings. The van der Waals surface area contributed by atoms with Gasteiger partial charge >= 0.3 is 0 Å². The third kappa shape index (κ3) is 4.43. The molecule has 0 unspecified atom stereocenters. The molecular weight excluding hydrogens is 342 g/mol. The Kier molecular flexibility index (Phi) is 5.89. The van der Waals surface area contributed by atoms with Gasteiger partial charge in [-0.15, -0.1) is 0 Å². The van der Waals surface area contributed by atoms with Crippen LogP contribution < -0.4 is 15.4 Å². The number of amides is 2. The van der Waals surface area contributed by atoms with Crippen LogP contribution >= 0.6 is 0 Å². The van der Waals surface area contributed by atoms with E-state index in [0.717, 1.165) is 0 Å². The van der Waals surface area contributed by atoms with Crippen LogP contribution in [0.3, 0.4) is 0 Å². The maximum Gasteiger partial charge on any atom is 0.255 e. The highest BCUT2D eigenvalue weighted by atomic mass is 32.2. The molecule has 0 fully saturated rings. The molecular formula is C17H19N3O4S. The van der Waals surface area contributed by atoms with E-state index in [1.54, 1.807) is 31.2 Å². The fraction of sp³-hybridized carbons (Fsp3) is 0.176. The molecule has 0 aliphatic carbocycles. The van der Waals surface area contributed by atoms with E-state index >= 15 is 0 Å². The van der Waals surface area contributed by atoms with Crippen LogP contribution in [0.5, 0.6) is 0 Å². The average molecular weight is 361 g/mol. The van der Waals surface area contributed by atoms with Gasteiger partial charge in [0.05, 0.1) is 16.1 Å². The minimum Gasteiger partial charge on any atom is -0.355 e. The lowest BCUT2D eigenvalue weighted by atomic mass is 10.1. The fourth-order valence-corrected chi connectivity index (χ4v) is 3.28. The highest BCUT2D eigenvalue weighted by molar-refractivity contribution is 7.89. The minimum absolute atomic E-state index is 0.00147. The zero-order valence-electron chi connectivity index (χ0n) is 13.9. The van der Waals surface area contributed by atoms with Crippen molar-refractivity contribution in [2.24, 2.45) is 0 Å². The van der Waals surface area contributed by atoms with Gasteiger partial charge in [-0.05, 0) is 30.3 Å². The summed E-state index contributed by atoms with van der Waals surface area (Å²) in [4.78, 5) is 24.3. The standard InChI is InChI=1S/C17H19N3O4S/c1-3-19-25(23,24)13-8-6-7-12(11-13)16(21)20-15-10-5-4-9-14(15)17(22)18-2/h4-11,19H,3H2,1-2H3,(H,18,22)(H,20,21). The van der Waals surface area contributed by atoms with Crippen molar-refractivity contribution < 1.29 is 18.0 Å². The van der Waals surface area contributed by atoms with Crippen LogP contribution in [0.25, 0.3) is 0 Å². The SMILES string of the molecule is CCNS(=O)(=O)c1cccc(C(=O)Nc2ccccc2C(=O)NC)c1. The van der Waals surface area contributed by atoms with E-state index in [1.807, 2.05) is 0 Å². The van der Waals surface area contributed by atoms with Crippen molar-refractivity contribution >= 4 is 27.5 Å². The quantitative estimate of drug-likeness (QED) is 0.727. The largest absolute Gasteiger partial charge is 0.355 e. The Labute approximate surface area is 146 Å². The summed E-state index contributed by atoms with van der Waals surface area (Å²) >= 11 is 0. The predicted octanol–water partition coefficient (Wildman–Crippen LogP) is 1.60. The monoisotopic (exact) mass is 361 g/mol. The molecule has 0 spiro atoms. The van der Waals surface area contributed by atoms with Crippen molar-refractivity contribution in [2.45, 2.75) is 11.8 Å². The van der Waals surface area contributed by atoms with Crippen LogP contribution in [0.4, 0.5) is 5.69 Å². The summed E-state index contributed by atoms with van der Waals surface area (Å²) in [5.41, 5.74) is 0.826. The summed E-state index contributed by atoms with van der Waals surface area (Å²) in [6.07, 6.45) is 0. The zero-order chi connectivity index (χ0) is 18.4. The smallest absolute Gasteiger partial charge is 0.255 e. The molecule has 132 valence electrons. The van der Waals surface area contributed by atoms with Gasteiger partial charge in [0.15, 0.2) is 0 Å². The van der Waals surface area contributed by atoms with E-state index in [1.165, 1.54) is 31.3 Å². The first-order valence-electron chi connectivity index (χ1n) is 7.61. The molecule has 8 heteroatoms. The minimum atomic E-state index is -3.66. The molecule has 25 heavy (non-hydrogen) atoms. The molecule has 0 aromatic heterocycles. The van der Waals surface area contributed by atoms with Crippen LogP contribution in [-0.2, 0) is 10.0 Å². The number of anilines is 1. The molecule has 0 radical (unpaired) electrons. The van der Waals surface area contributed by atoms with E-state index in [9.17, 15) is 18.0 Å². The number of carbonyl (C=O) groups is 2. The van der Waals surface area contributed by atoms with Crippen LogP contribution in [0.15, 0.2) is 53.4 Å². The number of sulfonamides is 1. The average Bonchev–Trinajstić information content (AvgIpc) is 2.61. The Balaban J connectivity index is 2.30. The molecule has 3 N–H and O–H groups in total. The van der Waals surface area contributed by atoms with Crippen LogP contribution in [0, 0.1) is 0 Å². The summed E-state index contributed by atoms with van der Waals surface area (Å²) in [6, 6.07) is 12.2. The number of para-hydroxylation sites is 1. The van der Waals surface area contributed by atoms with Gasteiger partial charge in [-0.2, -0.15) is 0 Å². The van der Waals surface area contributed by atoms with Gasteiger partial charge in [-0.1, -0.05) is 25.1 Å². The van der Waals surface area contributed by atoms with Crippen molar-refractivity contribution in [3.8, 4) is 0 Å². The second-order valence-corrected chi connectivity index (χ2v) is 6.87. The molecule has 0 aliphatic heterocycles. The molecule has 0 saturated carbocycles. The summed E-state index contributed by atoms with van der Waals surface area (Å²) in [5, 5.41) is 5.14. The van der Waals surface area contributed by atoms with Gasteiger partial charge in [-0.25, -0.2) is 13.1 Å². The second kappa shape index (κ2) is 7.91. The first-order valence-corrected chi connectivity index (χ1v) is 9.09. The van der Waals surface area contributed by atoms with E-state index in [-0.39, 0.29) is 22.9 Å². The van der Waals surface area contributed by atoms with E-state index in [0.29, 0.717) is 11.3 Å². The predicted molar refractivity (Wildman–Crippen MR) is 95.1 cm³/mol. The van der Waals surface area contributed by atoms with Crippen molar-refractivity contribution in [3.05, 3.63) is 59.7 Å². The van der Waals surface area contributed by atoms with E-state index < -0.39 is 15.9 Å². The molecule has 2 amide bonds. The van der Waals surface area contributed by atoms with Crippen LogP contribution in [0.1, 0.15) is 27.6 Å². The highest BCUT2D eigenvalue weighted by Crippen LogP contribution is 2.17. The van der Waals surface area contributed by atoms with Gasteiger partial charge in [0, 0.05) is 19.2 Å². The molecule has 0 heterocycles. The Morgan fingerprint density at radius 2 is 1.72 bits per heavy atom. The lowest BCUT2D eigenvalue weighted by Gasteiger charge is -2.11. The fourth-order valence-electron chi connectivity index (χ4n) is 2.20. The Bertz CT molecular complexity index is 894. The number of hydrogen-bond donors (Lipinski definition) is 3. The van der Waals surface area contributed by atoms with Gasteiger partial charge in [-0.3, -0.25) is 9.59 Å². The van der Waals surface area contributed by atoms with Crippen molar-refractivity contribution in [1.29, 1.82) is 0 Å². The maximum absolute atomic E-state index is 12.5. The van der Waals surface area contributed by atoms with Gasteiger partial charge in [0.25, 0.3) is 11.8 Å². The van der Waals surface area contributed by atoms with E-state index in [4.69, 9.17) is 0 Å². The topological polar surface area (TPSA) is 104 Å². The van der Waals surface area contributed by atoms with Crippen LogP contribution in [0.2, 0.25) is 0 Å². The highest BCUT2D eigenvalue weighted by Gasteiger charge is 2.17. The zero-order valence-corrected chi connectivity index (χ0v) is 14.7. The molecule has 0 atom stereocenters. The first-order chi connectivity index (χ1) is 11.9. The molecule has 2 rings (SSSR count). The number of nitrogens with one attached hydrogen (secondary N) is 3. The summed E-state index contributed by atoms with van der Waals surface area (Å²) in [6.45, 7) is 1.92. The Morgan fingerprint density at radius 1 is 1.00 bits per heavy atom. The number of benzene rings is 2. The third-order valence-corrected chi connectivity index (χ3v) is 4.93. The van der Waals surface area contributed by atoms with Crippen molar-refractivity contribution in [3.63, 3.8) is 0 Å². The third-order valence-electron chi connectivity index (χ3n) is 3.39. The van der Waals surface area contributed by atoms with Crippen molar-refractivity contribution in [1.82, 2.24) is 10.0 Å². The molecule has 2 aromatic carbocycles. The molecule has 7 nitrogen and oxygen atoms in total. The number of rotatable bonds is 6. The molecule has 0 aliphatic rings. The lowest BCUT2D eigenvalue weighted by molar-refractivity contribution is 0.0964. The van der Waals surface area contributed by atoms with Crippen molar-refractivity contribution in [2.75, 3.05) is 18.9 Å². The van der Waals surface area contributed by atoms with Gasteiger partial charge in [0.2, 0.25) is 10.0 Å². The van der Waals surface area contributed by atoms with Gasteiger partial charge < -0.3 is 10.6 Å². The summed E-state index contributed by atoms with van der Waals surface area (Å²) in [5.74, 6) is -0.843. The molecule has 0 saturated heterocycles. The Morgan fingerprint density at radius 3 is 2.40 bits per heavy atom. The summed E-state index contributed by atoms with van der Waals surface area (Å²) < 4.78 is 26.5. The van der Waals surface area contributed by atoms with E-state index in [2.05, 4.69) is 15.4 Å². The normalized spacial score (nSPS) is 11.0. The first kappa shape index (κ1) is 18.6. The summed E-state index contributed by atoms with van der Waals surface area (Å²) in [7, 11) is -2.16. The Hall–Kier alpha value is -2.71. The van der Waals surface area contributed by atoms with Gasteiger partial charge in [0.1, 0.15) is 0 Å². The van der Waals surface area contributed by atoms with Crippen LogP contribution in [-0.4, -0.2) is 33.8 Å². The molecule has 0 bridgehead atoms. The maximum atomic E-state index is 12.5. The lowest BCUT2D eigenvalue weighted by Crippen LogP contribution is -2.24.